The highest BCUT2D eigenvalue weighted by Crippen LogP contribution is 2.26. The Kier molecular flexibility index (Phi) is 7.84. The van der Waals surface area contributed by atoms with Crippen molar-refractivity contribution in [3.05, 3.63) is 71.3 Å². The molecule has 0 fully saturated rings. The minimum atomic E-state index is -1.12. The third kappa shape index (κ3) is 5.38. The summed E-state index contributed by atoms with van der Waals surface area (Å²) < 4.78 is 22.0. The lowest BCUT2D eigenvalue weighted by atomic mass is 9.89. The summed E-state index contributed by atoms with van der Waals surface area (Å²) in [5, 5.41) is 30.9. The molecule has 7 heteroatoms. The van der Waals surface area contributed by atoms with Crippen LogP contribution in [0.2, 0.25) is 0 Å². The van der Waals surface area contributed by atoms with E-state index in [1.807, 2.05) is 48.5 Å². The van der Waals surface area contributed by atoms with Gasteiger partial charge in [-0.3, -0.25) is 0 Å². The first-order valence-corrected chi connectivity index (χ1v) is 9.72. The molecule has 30 heavy (non-hydrogen) atoms. The fraction of sp³-hybridized carbons (Fsp3) is 0.391. The zero-order valence-electron chi connectivity index (χ0n) is 17.1. The topological polar surface area (TPSA) is 97.6 Å². The van der Waals surface area contributed by atoms with Gasteiger partial charge in [-0.2, -0.15) is 0 Å². The fourth-order valence-corrected chi connectivity index (χ4v) is 3.30. The Hall–Kier alpha value is -2.42. The average Bonchev–Trinajstić information content (AvgIpc) is 2.79. The van der Waals surface area contributed by atoms with Gasteiger partial charge in [-0.15, -0.1) is 0 Å². The van der Waals surface area contributed by atoms with E-state index >= 15 is 0 Å². The van der Waals surface area contributed by atoms with Crippen LogP contribution in [0.25, 0.3) is 0 Å². The summed E-state index contributed by atoms with van der Waals surface area (Å²) in [5.41, 5.74) is 2.13. The van der Waals surface area contributed by atoms with Crippen LogP contribution in [0.4, 0.5) is 0 Å². The molecule has 1 aliphatic rings. The Labute approximate surface area is 176 Å². The molecule has 4 atom stereocenters. The summed E-state index contributed by atoms with van der Waals surface area (Å²) >= 11 is 0. The maximum Gasteiger partial charge on any atom is 0.118 e. The van der Waals surface area contributed by atoms with Crippen molar-refractivity contribution in [3.8, 4) is 11.5 Å². The van der Waals surface area contributed by atoms with Gasteiger partial charge in [0.25, 0.3) is 0 Å². The first-order chi connectivity index (χ1) is 14.5. The Morgan fingerprint density at radius 2 is 1.27 bits per heavy atom. The highest BCUT2D eigenvalue weighted by atomic mass is 16.5. The van der Waals surface area contributed by atoms with Crippen molar-refractivity contribution < 1.29 is 34.3 Å². The quantitative estimate of drug-likeness (QED) is 0.537. The minimum Gasteiger partial charge on any atom is -0.497 e. The van der Waals surface area contributed by atoms with Crippen LogP contribution in [0, 0.1) is 0 Å². The highest BCUT2D eigenvalue weighted by molar-refractivity contribution is 5.28. The lowest BCUT2D eigenvalue weighted by Crippen LogP contribution is -2.51. The van der Waals surface area contributed by atoms with Crippen molar-refractivity contribution in [2.45, 2.75) is 37.6 Å². The molecule has 0 saturated carbocycles. The van der Waals surface area contributed by atoms with Crippen molar-refractivity contribution in [1.82, 2.24) is 0 Å². The summed E-state index contributed by atoms with van der Waals surface area (Å²) in [4.78, 5) is 0. The standard InChI is InChI=1S/C23H28O7/c1-27-18-7-3-15(4-8-18)13-29-20-11-17(12-24)21(25)23(22(20)26)30-14-16-5-9-19(28-2)10-6-16/h3-11,20-26H,12-14H2,1-2H3/t20-,21-,22+,23+/m0/s1. The van der Waals surface area contributed by atoms with Crippen molar-refractivity contribution in [2.24, 2.45) is 0 Å². The van der Waals surface area contributed by atoms with E-state index in [-0.39, 0.29) is 19.8 Å². The zero-order valence-corrected chi connectivity index (χ0v) is 17.1. The lowest BCUT2D eigenvalue weighted by Gasteiger charge is -2.37. The number of hydrogen-bond donors (Lipinski definition) is 3. The zero-order chi connectivity index (χ0) is 21.5. The van der Waals surface area contributed by atoms with Gasteiger partial charge in [-0.05, 0) is 47.0 Å². The second-order valence-electron chi connectivity index (χ2n) is 7.08. The van der Waals surface area contributed by atoms with E-state index in [1.165, 1.54) is 0 Å². The summed E-state index contributed by atoms with van der Waals surface area (Å²) in [6.07, 6.45) is -2.30. The van der Waals surface area contributed by atoms with Crippen LogP contribution >= 0.6 is 0 Å². The van der Waals surface area contributed by atoms with Gasteiger partial charge in [-0.1, -0.05) is 24.3 Å². The SMILES string of the molecule is COc1ccc(CO[C@H]2[C@H](O)[C@@H](OCc3ccc(OC)cc3)C=C(CO)[C@@H]2O)cc1. The Bertz CT molecular complexity index is 816. The molecule has 3 rings (SSSR count). The maximum atomic E-state index is 10.8. The Morgan fingerprint density at radius 3 is 1.73 bits per heavy atom. The molecule has 0 radical (unpaired) electrons. The third-order valence-electron chi connectivity index (χ3n) is 5.13. The minimum absolute atomic E-state index is 0.187. The van der Waals surface area contributed by atoms with Gasteiger partial charge in [0.05, 0.1) is 34.0 Å². The van der Waals surface area contributed by atoms with Crippen molar-refractivity contribution in [1.29, 1.82) is 0 Å². The fourth-order valence-electron chi connectivity index (χ4n) is 3.30. The van der Waals surface area contributed by atoms with Gasteiger partial charge < -0.3 is 34.3 Å². The number of methoxy groups -OCH3 is 2. The molecule has 0 saturated heterocycles. The number of rotatable bonds is 9. The number of ether oxygens (including phenoxy) is 4. The number of benzene rings is 2. The van der Waals surface area contributed by atoms with Crippen LogP contribution < -0.4 is 9.47 Å². The number of aliphatic hydroxyl groups is 3. The second-order valence-corrected chi connectivity index (χ2v) is 7.08. The molecule has 3 N–H and O–H groups in total. The molecule has 0 amide bonds. The van der Waals surface area contributed by atoms with Crippen LogP contribution in [0.3, 0.4) is 0 Å². The molecule has 7 nitrogen and oxygen atoms in total. The van der Waals surface area contributed by atoms with Crippen molar-refractivity contribution in [3.63, 3.8) is 0 Å². The van der Waals surface area contributed by atoms with E-state index in [9.17, 15) is 15.3 Å². The van der Waals surface area contributed by atoms with Gasteiger partial charge in [0, 0.05) is 0 Å². The predicted octanol–water partition coefficient (Wildman–Crippen LogP) is 1.83. The first kappa shape index (κ1) is 22.3. The molecular formula is C23H28O7. The molecule has 0 spiro atoms. The first-order valence-electron chi connectivity index (χ1n) is 9.72. The summed E-state index contributed by atoms with van der Waals surface area (Å²) in [5.74, 6) is 1.48. The summed E-state index contributed by atoms with van der Waals surface area (Å²) in [6, 6.07) is 14.7. The van der Waals surface area contributed by atoms with E-state index in [4.69, 9.17) is 18.9 Å². The Balaban J connectivity index is 1.65. The van der Waals surface area contributed by atoms with Gasteiger partial charge >= 0.3 is 0 Å². The van der Waals surface area contributed by atoms with E-state index in [0.717, 1.165) is 22.6 Å². The monoisotopic (exact) mass is 416 g/mol. The highest BCUT2D eigenvalue weighted by Gasteiger charge is 2.39. The smallest absolute Gasteiger partial charge is 0.118 e. The summed E-state index contributed by atoms with van der Waals surface area (Å²) in [6.45, 7) is 0.0909. The van der Waals surface area contributed by atoms with Gasteiger partial charge in [0.2, 0.25) is 0 Å². The van der Waals surface area contributed by atoms with Crippen LogP contribution in [0.1, 0.15) is 11.1 Å². The normalized spacial score (nSPS) is 23.7. The van der Waals surface area contributed by atoms with Gasteiger partial charge in [0.15, 0.2) is 0 Å². The molecular weight excluding hydrogens is 388 g/mol. The van der Waals surface area contributed by atoms with Crippen molar-refractivity contribution >= 4 is 0 Å². The van der Waals surface area contributed by atoms with E-state index in [2.05, 4.69) is 0 Å². The average molecular weight is 416 g/mol. The van der Waals surface area contributed by atoms with E-state index in [0.29, 0.717) is 5.57 Å². The molecule has 1 aliphatic carbocycles. The van der Waals surface area contributed by atoms with Crippen LogP contribution in [-0.4, -0.2) is 60.6 Å². The van der Waals surface area contributed by atoms with Gasteiger partial charge in [-0.25, -0.2) is 0 Å². The van der Waals surface area contributed by atoms with Crippen LogP contribution in [0.15, 0.2) is 60.2 Å². The van der Waals surface area contributed by atoms with Gasteiger partial charge in [0.1, 0.15) is 35.9 Å². The molecule has 0 aromatic heterocycles. The van der Waals surface area contributed by atoms with E-state index in [1.54, 1.807) is 20.3 Å². The maximum absolute atomic E-state index is 10.8. The van der Waals surface area contributed by atoms with Crippen LogP contribution in [0.5, 0.6) is 11.5 Å². The Morgan fingerprint density at radius 1 is 0.767 bits per heavy atom. The molecule has 2 aromatic carbocycles. The predicted molar refractivity (Wildman–Crippen MR) is 110 cm³/mol. The third-order valence-corrected chi connectivity index (χ3v) is 5.13. The molecule has 0 heterocycles. The molecule has 0 unspecified atom stereocenters. The molecule has 2 aromatic rings. The second kappa shape index (κ2) is 10.6. The lowest BCUT2D eigenvalue weighted by molar-refractivity contribution is -0.145. The molecule has 162 valence electrons. The number of hydrogen-bond acceptors (Lipinski definition) is 7. The van der Waals surface area contributed by atoms with Crippen LogP contribution in [-0.2, 0) is 22.7 Å². The van der Waals surface area contributed by atoms with Crippen molar-refractivity contribution in [2.75, 3.05) is 20.8 Å². The largest absolute Gasteiger partial charge is 0.497 e. The summed E-state index contributed by atoms with van der Waals surface area (Å²) in [7, 11) is 3.19. The number of aliphatic hydroxyl groups excluding tert-OH is 3. The molecule has 0 bridgehead atoms. The van der Waals surface area contributed by atoms with E-state index < -0.39 is 24.4 Å². The molecule has 0 aliphatic heterocycles.